The van der Waals surface area contributed by atoms with Crippen LogP contribution in [-0.2, 0) is 4.74 Å². The number of aryl methyl sites for hydroxylation is 1. The van der Waals surface area contributed by atoms with Gasteiger partial charge in [-0.1, -0.05) is 0 Å². The van der Waals surface area contributed by atoms with E-state index in [1.165, 1.54) is 6.07 Å². The van der Waals surface area contributed by atoms with Gasteiger partial charge < -0.3 is 15.0 Å². The lowest BCUT2D eigenvalue weighted by Crippen LogP contribution is -2.27. The Hall–Kier alpha value is -1.36. The molecule has 88 valence electrons. The number of aromatic nitrogens is 2. The van der Waals surface area contributed by atoms with E-state index in [4.69, 9.17) is 4.74 Å². The number of aromatic amines is 1. The molecule has 1 saturated heterocycles. The Kier molecular flexibility index (Phi) is 3.24. The van der Waals surface area contributed by atoms with Gasteiger partial charge in [0.25, 0.3) is 5.56 Å². The topological polar surface area (TPSA) is 67.0 Å². The number of hydrogen-bond acceptors (Lipinski definition) is 4. The highest BCUT2D eigenvalue weighted by atomic mass is 16.5. The average molecular weight is 223 g/mol. The molecule has 1 aromatic heterocycles. The standard InChI is InChI=1S/C11H17N3O2/c1-7(9-3-4-16-6-9)12-10-5-11(15)14-8(2)13-10/h5,7,9H,3-4,6H2,1-2H3,(H2,12,13,14,15). The van der Waals surface area contributed by atoms with Crippen molar-refractivity contribution in [2.24, 2.45) is 5.92 Å². The smallest absolute Gasteiger partial charge is 0.252 e. The van der Waals surface area contributed by atoms with Crippen LogP contribution >= 0.6 is 0 Å². The number of anilines is 1. The lowest BCUT2D eigenvalue weighted by molar-refractivity contribution is 0.183. The van der Waals surface area contributed by atoms with Crippen LogP contribution in [0.25, 0.3) is 0 Å². The van der Waals surface area contributed by atoms with Crippen LogP contribution in [0.15, 0.2) is 10.9 Å². The molecule has 2 atom stereocenters. The van der Waals surface area contributed by atoms with Crippen molar-refractivity contribution in [3.8, 4) is 0 Å². The first kappa shape index (κ1) is 11.1. The summed E-state index contributed by atoms with van der Waals surface area (Å²) in [7, 11) is 0. The fraction of sp³-hybridized carbons (Fsp3) is 0.636. The minimum Gasteiger partial charge on any atom is -0.381 e. The summed E-state index contributed by atoms with van der Waals surface area (Å²) in [5.74, 6) is 1.77. The number of rotatable bonds is 3. The Balaban J connectivity index is 2.05. The van der Waals surface area contributed by atoms with Crippen molar-refractivity contribution in [1.82, 2.24) is 9.97 Å². The van der Waals surface area contributed by atoms with Crippen LogP contribution in [0.5, 0.6) is 0 Å². The van der Waals surface area contributed by atoms with Gasteiger partial charge in [-0.2, -0.15) is 0 Å². The van der Waals surface area contributed by atoms with Crippen LogP contribution in [0.2, 0.25) is 0 Å². The zero-order valence-corrected chi connectivity index (χ0v) is 9.62. The van der Waals surface area contributed by atoms with Gasteiger partial charge >= 0.3 is 0 Å². The summed E-state index contributed by atoms with van der Waals surface area (Å²) >= 11 is 0. The molecule has 1 aliphatic rings. The molecular weight excluding hydrogens is 206 g/mol. The molecule has 2 heterocycles. The fourth-order valence-electron chi connectivity index (χ4n) is 1.95. The molecule has 0 bridgehead atoms. The Morgan fingerprint density at radius 2 is 2.50 bits per heavy atom. The summed E-state index contributed by atoms with van der Waals surface area (Å²) in [6.45, 7) is 5.49. The average Bonchev–Trinajstić information content (AvgIpc) is 2.68. The molecule has 5 nitrogen and oxygen atoms in total. The third-order valence-electron chi connectivity index (χ3n) is 2.91. The van der Waals surface area contributed by atoms with Crippen molar-refractivity contribution < 1.29 is 4.74 Å². The first-order valence-corrected chi connectivity index (χ1v) is 5.57. The van der Waals surface area contributed by atoms with Crippen LogP contribution in [0.1, 0.15) is 19.2 Å². The van der Waals surface area contributed by atoms with Gasteiger partial charge in [-0.15, -0.1) is 0 Å². The van der Waals surface area contributed by atoms with Gasteiger partial charge in [-0.3, -0.25) is 4.79 Å². The molecule has 2 N–H and O–H groups in total. The SMILES string of the molecule is Cc1nc(NC(C)C2CCOC2)cc(=O)[nH]1. The van der Waals surface area contributed by atoms with Crippen molar-refractivity contribution in [2.45, 2.75) is 26.3 Å². The second-order valence-electron chi connectivity index (χ2n) is 4.27. The van der Waals surface area contributed by atoms with Gasteiger partial charge in [0.05, 0.1) is 6.61 Å². The molecule has 0 saturated carbocycles. The van der Waals surface area contributed by atoms with E-state index in [9.17, 15) is 4.79 Å². The Morgan fingerprint density at radius 1 is 1.69 bits per heavy atom. The first-order valence-electron chi connectivity index (χ1n) is 5.57. The van der Waals surface area contributed by atoms with E-state index < -0.39 is 0 Å². The van der Waals surface area contributed by atoms with Crippen molar-refractivity contribution in [1.29, 1.82) is 0 Å². The van der Waals surface area contributed by atoms with E-state index in [1.54, 1.807) is 6.92 Å². The minimum atomic E-state index is -0.120. The van der Waals surface area contributed by atoms with Crippen LogP contribution in [0, 0.1) is 12.8 Å². The predicted molar refractivity (Wildman–Crippen MR) is 61.6 cm³/mol. The van der Waals surface area contributed by atoms with Gasteiger partial charge in [0, 0.05) is 24.6 Å². The maximum Gasteiger partial charge on any atom is 0.252 e. The number of nitrogens with one attached hydrogen (secondary N) is 2. The maximum atomic E-state index is 11.3. The molecule has 0 aromatic carbocycles. The molecule has 0 amide bonds. The highest BCUT2D eigenvalue weighted by molar-refractivity contribution is 5.34. The maximum absolute atomic E-state index is 11.3. The molecule has 1 fully saturated rings. The molecule has 1 aromatic rings. The van der Waals surface area contributed by atoms with Gasteiger partial charge in [0.1, 0.15) is 11.6 Å². The quantitative estimate of drug-likeness (QED) is 0.799. The third kappa shape index (κ3) is 2.61. The van der Waals surface area contributed by atoms with Crippen LogP contribution in [0.3, 0.4) is 0 Å². The second kappa shape index (κ2) is 4.65. The Bertz CT molecular complexity index is 410. The number of H-pyrrole nitrogens is 1. The zero-order chi connectivity index (χ0) is 11.5. The van der Waals surface area contributed by atoms with Crippen molar-refractivity contribution in [3.05, 3.63) is 22.2 Å². The molecule has 0 aliphatic carbocycles. The highest BCUT2D eigenvalue weighted by Gasteiger charge is 2.22. The second-order valence-corrected chi connectivity index (χ2v) is 4.27. The molecule has 2 rings (SSSR count). The van der Waals surface area contributed by atoms with E-state index in [1.807, 2.05) is 0 Å². The van der Waals surface area contributed by atoms with Gasteiger partial charge in [0.2, 0.25) is 0 Å². The van der Waals surface area contributed by atoms with Crippen LogP contribution in [0.4, 0.5) is 5.82 Å². The summed E-state index contributed by atoms with van der Waals surface area (Å²) in [4.78, 5) is 18.1. The number of nitrogens with zero attached hydrogens (tertiary/aromatic N) is 1. The van der Waals surface area contributed by atoms with E-state index in [2.05, 4.69) is 22.2 Å². The van der Waals surface area contributed by atoms with Gasteiger partial charge in [-0.05, 0) is 20.3 Å². The number of ether oxygens (including phenoxy) is 1. The molecule has 0 radical (unpaired) electrons. The van der Waals surface area contributed by atoms with E-state index >= 15 is 0 Å². The Labute approximate surface area is 94.2 Å². The predicted octanol–water partition coefficient (Wildman–Crippen LogP) is 0.915. The van der Waals surface area contributed by atoms with Crippen LogP contribution < -0.4 is 10.9 Å². The summed E-state index contributed by atoms with van der Waals surface area (Å²) in [5, 5.41) is 3.25. The van der Waals surface area contributed by atoms with Crippen molar-refractivity contribution in [3.63, 3.8) is 0 Å². The molecule has 1 aliphatic heterocycles. The zero-order valence-electron chi connectivity index (χ0n) is 9.62. The van der Waals surface area contributed by atoms with E-state index in [-0.39, 0.29) is 11.6 Å². The summed E-state index contributed by atoms with van der Waals surface area (Å²) in [6.07, 6.45) is 1.07. The summed E-state index contributed by atoms with van der Waals surface area (Å²) in [5.41, 5.74) is -0.120. The molecule has 5 heteroatoms. The molecule has 2 unspecified atom stereocenters. The molecular formula is C11H17N3O2. The van der Waals surface area contributed by atoms with E-state index in [0.29, 0.717) is 17.6 Å². The summed E-state index contributed by atoms with van der Waals surface area (Å²) in [6, 6.07) is 1.76. The highest BCUT2D eigenvalue weighted by Crippen LogP contribution is 2.18. The minimum absolute atomic E-state index is 0.120. The molecule has 16 heavy (non-hydrogen) atoms. The third-order valence-corrected chi connectivity index (χ3v) is 2.91. The van der Waals surface area contributed by atoms with Crippen LogP contribution in [-0.4, -0.2) is 29.2 Å². The molecule has 0 spiro atoms. The lowest BCUT2D eigenvalue weighted by atomic mass is 10.0. The normalized spacial score (nSPS) is 22.0. The Morgan fingerprint density at radius 3 is 3.12 bits per heavy atom. The number of hydrogen-bond donors (Lipinski definition) is 2. The summed E-state index contributed by atoms with van der Waals surface area (Å²) < 4.78 is 5.34. The fourth-order valence-corrected chi connectivity index (χ4v) is 1.95. The largest absolute Gasteiger partial charge is 0.381 e. The lowest BCUT2D eigenvalue weighted by Gasteiger charge is -2.19. The van der Waals surface area contributed by atoms with Crippen molar-refractivity contribution in [2.75, 3.05) is 18.5 Å². The van der Waals surface area contributed by atoms with Gasteiger partial charge in [-0.25, -0.2) is 4.98 Å². The monoisotopic (exact) mass is 223 g/mol. The first-order chi connectivity index (χ1) is 7.65. The van der Waals surface area contributed by atoms with Gasteiger partial charge in [0.15, 0.2) is 0 Å². The van der Waals surface area contributed by atoms with E-state index in [0.717, 1.165) is 19.6 Å². The van der Waals surface area contributed by atoms with Crippen molar-refractivity contribution >= 4 is 5.82 Å².